The van der Waals surface area contributed by atoms with E-state index in [1.54, 1.807) is 28.1 Å². The number of hydrogen-bond acceptors (Lipinski definition) is 5. The normalized spacial score (nSPS) is 11.4. The van der Waals surface area contributed by atoms with Crippen molar-refractivity contribution in [3.05, 3.63) is 64.4 Å². The van der Waals surface area contributed by atoms with Crippen molar-refractivity contribution in [2.75, 3.05) is 12.9 Å². The summed E-state index contributed by atoms with van der Waals surface area (Å²) in [5, 5.41) is 1.43. The van der Waals surface area contributed by atoms with E-state index in [-0.39, 0.29) is 11.7 Å². The van der Waals surface area contributed by atoms with Crippen LogP contribution in [0.4, 0.5) is 0 Å². The Hall–Kier alpha value is -1.76. The summed E-state index contributed by atoms with van der Waals surface area (Å²) in [4.78, 5) is 19.1. The maximum absolute atomic E-state index is 13.0. The highest BCUT2D eigenvalue weighted by molar-refractivity contribution is 7.98. The Morgan fingerprint density at radius 1 is 1.11 bits per heavy atom. The van der Waals surface area contributed by atoms with Crippen molar-refractivity contribution in [2.45, 2.75) is 48.7 Å². The highest BCUT2D eigenvalue weighted by atomic mass is 32.2. The first kappa shape index (κ1) is 21.0. The second-order valence-electron chi connectivity index (χ2n) is 6.78. The standard InChI is InChI=1S/C22H26N2O2S2/c1-16(2)26-14-6-13-24-21(25)19-7-4-5-8-20(19)23-22(24)28-15-17-9-11-18(27-3)12-10-17/h4-5,7-12,16H,6,13-15H2,1-3H3. The number of nitrogens with zero attached hydrogens (tertiary/aromatic N) is 2. The number of thioether (sulfide) groups is 2. The quantitative estimate of drug-likeness (QED) is 0.273. The van der Waals surface area contributed by atoms with Gasteiger partial charge in [0, 0.05) is 23.8 Å². The van der Waals surface area contributed by atoms with Crippen molar-refractivity contribution in [1.29, 1.82) is 0 Å². The molecule has 0 fully saturated rings. The Kier molecular flexibility index (Phi) is 7.59. The molecule has 0 bridgehead atoms. The molecule has 3 aromatic rings. The molecular weight excluding hydrogens is 388 g/mol. The highest BCUT2D eigenvalue weighted by Crippen LogP contribution is 2.24. The number of rotatable bonds is 9. The lowest BCUT2D eigenvalue weighted by Gasteiger charge is -2.14. The second kappa shape index (κ2) is 10.1. The summed E-state index contributed by atoms with van der Waals surface area (Å²) in [5.41, 5.74) is 2.00. The molecule has 0 aliphatic heterocycles. The Labute approximate surface area is 174 Å². The van der Waals surface area contributed by atoms with Crippen molar-refractivity contribution < 1.29 is 4.74 Å². The third kappa shape index (κ3) is 5.40. The van der Waals surface area contributed by atoms with Gasteiger partial charge in [0.2, 0.25) is 0 Å². The molecule has 0 atom stereocenters. The maximum Gasteiger partial charge on any atom is 0.262 e. The molecule has 3 rings (SSSR count). The summed E-state index contributed by atoms with van der Waals surface area (Å²) in [6.07, 6.45) is 3.06. The molecule has 6 heteroatoms. The fourth-order valence-electron chi connectivity index (χ4n) is 2.87. The Morgan fingerprint density at radius 2 is 1.86 bits per heavy atom. The van der Waals surface area contributed by atoms with Gasteiger partial charge in [-0.25, -0.2) is 4.98 Å². The molecule has 0 aliphatic rings. The van der Waals surface area contributed by atoms with E-state index in [0.717, 1.165) is 22.8 Å². The fraction of sp³-hybridized carbons (Fsp3) is 0.364. The van der Waals surface area contributed by atoms with Crippen LogP contribution in [0.2, 0.25) is 0 Å². The van der Waals surface area contributed by atoms with E-state index >= 15 is 0 Å². The summed E-state index contributed by atoms with van der Waals surface area (Å²) in [6, 6.07) is 16.1. The summed E-state index contributed by atoms with van der Waals surface area (Å²) in [6.45, 7) is 5.29. The number of ether oxygens (including phenoxy) is 1. The van der Waals surface area contributed by atoms with Crippen LogP contribution in [0.3, 0.4) is 0 Å². The molecule has 0 N–H and O–H groups in total. The minimum absolute atomic E-state index is 0.0235. The van der Waals surface area contributed by atoms with E-state index in [1.165, 1.54) is 10.5 Å². The summed E-state index contributed by atoms with van der Waals surface area (Å²) < 4.78 is 7.44. The van der Waals surface area contributed by atoms with Crippen LogP contribution < -0.4 is 5.56 Å². The third-order valence-electron chi connectivity index (χ3n) is 4.33. The van der Waals surface area contributed by atoms with Crippen LogP contribution in [0.1, 0.15) is 25.8 Å². The van der Waals surface area contributed by atoms with Gasteiger partial charge in [-0.2, -0.15) is 0 Å². The minimum atomic E-state index is 0.0235. The van der Waals surface area contributed by atoms with E-state index in [0.29, 0.717) is 18.5 Å². The van der Waals surface area contributed by atoms with Crippen LogP contribution in [0.5, 0.6) is 0 Å². The first-order chi connectivity index (χ1) is 13.6. The van der Waals surface area contributed by atoms with E-state index in [2.05, 4.69) is 30.5 Å². The number of para-hydroxylation sites is 1. The van der Waals surface area contributed by atoms with Gasteiger partial charge in [0.25, 0.3) is 5.56 Å². The van der Waals surface area contributed by atoms with E-state index in [9.17, 15) is 4.79 Å². The second-order valence-corrected chi connectivity index (χ2v) is 8.60. The predicted octanol–water partition coefficient (Wildman–Crippen LogP) is 5.23. The first-order valence-corrected chi connectivity index (χ1v) is 11.7. The predicted molar refractivity (Wildman–Crippen MR) is 119 cm³/mol. The molecule has 0 saturated heterocycles. The molecular formula is C22H26N2O2S2. The zero-order valence-corrected chi connectivity index (χ0v) is 18.2. The molecule has 1 heterocycles. The average molecular weight is 415 g/mol. The van der Waals surface area contributed by atoms with Gasteiger partial charge in [0.1, 0.15) is 0 Å². The number of aromatic nitrogens is 2. The van der Waals surface area contributed by atoms with Gasteiger partial charge < -0.3 is 4.74 Å². The molecule has 4 nitrogen and oxygen atoms in total. The average Bonchev–Trinajstić information content (AvgIpc) is 2.71. The zero-order chi connectivity index (χ0) is 19.9. The largest absolute Gasteiger partial charge is 0.379 e. The van der Waals surface area contributed by atoms with Crippen LogP contribution in [-0.2, 0) is 17.0 Å². The summed E-state index contributed by atoms with van der Waals surface area (Å²) in [5.74, 6) is 0.780. The van der Waals surface area contributed by atoms with E-state index < -0.39 is 0 Å². The lowest BCUT2D eigenvalue weighted by atomic mass is 10.2. The summed E-state index contributed by atoms with van der Waals surface area (Å²) >= 11 is 3.35. The molecule has 1 aromatic heterocycles. The van der Waals surface area contributed by atoms with Crippen LogP contribution in [0.15, 0.2) is 63.4 Å². The van der Waals surface area contributed by atoms with Crippen LogP contribution in [-0.4, -0.2) is 28.5 Å². The topological polar surface area (TPSA) is 44.1 Å². The summed E-state index contributed by atoms with van der Waals surface area (Å²) in [7, 11) is 0. The monoisotopic (exact) mass is 414 g/mol. The van der Waals surface area contributed by atoms with Gasteiger partial charge >= 0.3 is 0 Å². The van der Waals surface area contributed by atoms with Crippen molar-refractivity contribution in [2.24, 2.45) is 0 Å². The molecule has 28 heavy (non-hydrogen) atoms. The zero-order valence-electron chi connectivity index (χ0n) is 16.6. The van der Waals surface area contributed by atoms with Gasteiger partial charge in [0.05, 0.1) is 17.0 Å². The van der Waals surface area contributed by atoms with Gasteiger partial charge in [-0.05, 0) is 56.4 Å². The van der Waals surface area contributed by atoms with Crippen molar-refractivity contribution >= 4 is 34.4 Å². The van der Waals surface area contributed by atoms with Gasteiger partial charge in [-0.1, -0.05) is 36.0 Å². The molecule has 0 unspecified atom stereocenters. The Bertz CT molecular complexity index is 968. The molecule has 2 aromatic carbocycles. The van der Waals surface area contributed by atoms with Gasteiger partial charge in [-0.3, -0.25) is 9.36 Å². The van der Waals surface area contributed by atoms with Gasteiger partial charge in [0.15, 0.2) is 5.16 Å². The Morgan fingerprint density at radius 3 is 2.57 bits per heavy atom. The molecule has 148 valence electrons. The lowest BCUT2D eigenvalue weighted by molar-refractivity contribution is 0.0743. The minimum Gasteiger partial charge on any atom is -0.379 e. The van der Waals surface area contributed by atoms with Gasteiger partial charge in [-0.15, -0.1) is 11.8 Å². The number of hydrogen-bond donors (Lipinski definition) is 0. The maximum atomic E-state index is 13.0. The molecule has 0 aliphatic carbocycles. The molecule has 0 radical (unpaired) electrons. The SMILES string of the molecule is CSc1ccc(CSc2nc3ccccc3c(=O)n2CCCOC(C)C)cc1. The van der Waals surface area contributed by atoms with Crippen LogP contribution >= 0.6 is 23.5 Å². The molecule has 0 saturated carbocycles. The van der Waals surface area contributed by atoms with Crippen molar-refractivity contribution in [1.82, 2.24) is 9.55 Å². The Balaban J connectivity index is 1.83. The lowest BCUT2D eigenvalue weighted by Crippen LogP contribution is -2.24. The van der Waals surface area contributed by atoms with Crippen LogP contribution in [0.25, 0.3) is 10.9 Å². The highest BCUT2D eigenvalue weighted by Gasteiger charge is 2.12. The number of fused-ring (bicyclic) bond motifs is 1. The van der Waals surface area contributed by atoms with Crippen LogP contribution in [0, 0.1) is 0 Å². The molecule has 0 spiro atoms. The third-order valence-corrected chi connectivity index (χ3v) is 6.12. The van der Waals surface area contributed by atoms with Crippen molar-refractivity contribution in [3.63, 3.8) is 0 Å². The number of benzene rings is 2. The van der Waals surface area contributed by atoms with E-state index in [4.69, 9.17) is 9.72 Å². The molecule has 0 amide bonds. The fourth-order valence-corrected chi connectivity index (χ4v) is 4.26. The smallest absolute Gasteiger partial charge is 0.262 e. The van der Waals surface area contributed by atoms with Crippen molar-refractivity contribution in [3.8, 4) is 0 Å². The first-order valence-electron chi connectivity index (χ1n) is 9.45. The van der Waals surface area contributed by atoms with E-state index in [1.807, 2.05) is 38.1 Å².